The van der Waals surface area contributed by atoms with E-state index in [4.69, 9.17) is 9.47 Å². The van der Waals surface area contributed by atoms with Crippen LogP contribution in [0.25, 0.3) is 0 Å². The number of rotatable bonds is 4. The number of methoxy groups -OCH3 is 2. The molecular formula is C16H17NO3S. The number of nitrogens with one attached hydrogen (secondary N) is 1. The molecule has 1 aromatic carbocycles. The number of benzene rings is 1. The maximum atomic E-state index is 12.4. The number of ether oxygens (including phenoxy) is 2. The number of hydrogen-bond acceptors (Lipinski definition) is 4. The highest BCUT2D eigenvalue weighted by atomic mass is 32.1. The van der Waals surface area contributed by atoms with Crippen LogP contribution in [-0.2, 0) is 12.8 Å². The normalized spacial score (nSPS) is 12.9. The van der Waals surface area contributed by atoms with Gasteiger partial charge in [-0.3, -0.25) is 4.79 Å². The quantitative estimate of drug-likeness (QED) is 0.940. The van der Waals surface area contributed by atoms with Gasteiger partial charge in [-0.15, -0.1) is 11.3 Å². The molecule has 1 N–H and O–H groups in total. The third-order valence-electron chi connectivity index (χ3n) is 3.63. The lowest BCUT2D eigenvalue weighted by Gasteiger charge is -2.11. The number of amides is 1. The van der Waals surface area contributed by atoms with Crippen LogP contribution in [0.1, 0.15) is 26.5 Å². The minimum absolute atomic E-state index is 0.0963. The van der Waals surface area contributed by atoms with Crippen molar-refractivity contribution in [2.24, 2.45) is 0 Å². The zero-order valence-corrected chi connectivity index (χ0v) is 12.9. The van der Waals surface area contributed by atoms with Crippen molar-refractivity contribution in [1.82, 2.24) is 0 Å². The summed E-state index contributed by atoms with van der Waals surface area (Å²) >= 11 is 1.59. The summed E-state index contributed by atoms with van der Waals surface area (Å²) in [6, 6.07) is 7.35. The molecule has 21 heavy (non-hydrogen) atoms. The smallest absolute Gasteiger partial charge is 0.265 e. The lowest BCUT2D eigenvalue weighted by Crippen LogP contribution is -2.11. The summed E-state index contributed by atoms with van der Waals surface area (Å²) in [5.74, 6) is 1.20. The van der Waals surface area contributed by atoms with Gasteiger partial charge in [0.25, 0.3) is 5.91 Å². The number of thiophene rings is 1. The molecule has 1 aliphatic carbocycles. The van der Waals surface area contributed by atoms with E-state index in [1.807, 2.05) is 6.07 Å². The first-order valence-corrected chi connectivity index (χ1v) is 7.68. The molecule has 0 fully saturated rings. The Morgan fingerprint density at radius 2 is 2.05 bits per heavy atom. The summed E-state index contributed by atoms with van der Waals surface area (Å²) in [7, 11) is 3.17. The van der Waals surface area contributed by atoms with Gasteiger partial charge in [0.1, 0.15) is 11.5 Å². The van der Waals surface area contributed by atoms with E-state index in [2.05, 4.69) is 5.32 Å². The molecule has 4 nitrogen and oxygen atoms in total. The molecule has 2 aromatic rings. The highest BCUT2D eigenvalue weighted by Crippen LogP contribution is 2.33. The molecular weight excluding hydrogens is 286 g/mol. The van der Waals surface area contributed by atoms with Crippen LogP contribution in [0.3, 0.4) is 0 Å². The largest absolute Gasteiger partial charge is 0.497 e. The average molecular weight is 303 g/mol. The highest BCUT2D eigenvalue weighted by molar-refractivity contribution is 7.14. The maximum Gasteiger partial charge on any atom is 0.265 e. The first-order valence-electron chi connectivity index (χ1n) is 6.86. The van der Waals surface area contributed by atoms with Crippen molar-refractivity contribution in [1.29, 1.82) is 0 Å². The van der Waals surface area contributed by atoms with Crippen LogP contribution in [0.5, 0.6) is 11.5 Å². The monoisotopic (exact) mass is 303 g/mol. The third kappa shape index (κ3) is 2.74. The standard InChI is InChI=1S/C16H17NO3S/c1-19-11-6-7-13(20-2)12(9-11)17-16(18)15-8-10-4-3-5-14(10)21-15/h6-9H,3-5H2,1-2H3,(H,17,18). The molecule has 0 atom stereocenters. The van der Waals surface area contributed by atoms with Gasteiger partial charge < -0.3 is 14.8 Å². The van der Waals surface area contributed by atoms with Gasteiger partial charge in [-0.05, 0) is 43.0 Å². The van der Waals surface area contributed by atoms with Crippen LogP contribution in [0.4, 0.5) is 5.69 Å². The van der Waals surface area contributed by atoms with Crippen molar-refractivity contribution in [3.63, 3.8) is 0 Å². The molecule has 0 saturated carbocycles. The number of aryl methyl sites for hydroxylation is 2. The minimum atomic E-state index is -0.0963. The van der Waals surface area contributed by atoms with Crippen LogP contribution in [0, 0.1) is 0 Å². The van der Waals surface area contributed by atoms with Crippen molar-refractivity contribution < 1.29 is 14.3 Å². The van der Waals surface area contributed by atoms with Crippen LogP contribution in [-0.4, -0.2) is 20.1 Å². The fourth-order valence-corrected chi connectivity index (χ4v) is 3.69. The Balaban J connectivity index is 1.83. The van der Waals surface area contributed by atoms with Gasteiger partial charge in [-0.1, -0.05) is 0 Å². The van der Waals surface area contributed by atoms with Crippen LogP contribution in [0.15, 0.2) is 24.3 Å². The van der Waals surface area contributed by atoms with Gasteiger partial charge in [0, 0.05) is 10.9 Å². The zero-order chi connectivity index (χ0) is 14.8. The second-order valence-corrected chi connectivity index (χ2v) is 6.07. The summed E-state index contributed by atoms with van der Waals surface area (Å²) in [6.07, 6.45) is 3.38. The van der Waals surface area contributed by atoms with Crippen LogP contribution < -0.4 is 14.8 Å². The average Bonchev–Trinajstić information content (AvgIpc) is 3.08. The Kier molecular flexibility index (Phi) is 3.84. The van der Waals surface area contributed by atoms with Gasteiger partial charge >= 0.3 is 0 Å². The Morgan fingerprint density at radius 3 is 2.76 bits per heavy atom. The summed E-state index contributed by atoms with van der Waals surface area (Å²) in [4.78, 5) is 14.5. The van der Waals surface area contributed by atoms with E-state index in [0.717, 1.165) is 17.7 Å². The minimum Gasteiger partial charge on any atom is -0.497 e. The Morgan fingerprint density at radius 1 is 1.19 bits per heavy atom. The summed E-state index contributed by atoms with van der Waals surface area (Å²) in [5.41, 5.74) is 1.94. The molecule has 0 unspecified atom stereocenters. The van der Waals surface area contributed by atoms with E-state index >= 15 is 0 Å². The summed E-state index contributed by atoms with van der Waals surface area (Å²) in [5, 5.41) is 2.91. The van der Waals surface area contributed by atoms with Gasteiger partial charge in [-0.2, -0.15) is 0 Å². The molecule has 0 radical (unpaired) electrons. The molecule has 1 aromatic heterocycles. The van der Waals surface area contributed by atoms with Crippen molar-refractivity contribution in [3.05, 3.63) is 39.6 Å². The van der Waals surface area contributed by atoms with E-state index in [-0.39, 0.29) is 5.91 Å². The fourth-order valence-electron chi connectivity index (χ4n) is 2.54. The first kappa shape index (κ1) is 13.9. The van der Waals surface area contributed by atoms with Crippen molar-refractivity contribution in [2.75, 3.05) is 19.5 Å². The Hall–Kier alpha value is -2.01. The topological polar surface area (TPSA) is 47.6 Å². The van der Waals surface area contributed by atoms with Crippen molar-refractivity contribution >= 4 is 22.9 Å². The summed E-state index contributed by atoms with van der Waals surface area (Å²) in [6.45, 7) is 0. The fraction of sp³-hybridized carbons (Fsp3) is 0.312. The highest BCUT2D eigenvalue weighted by Gasteiger charge is 2.19. The molecule has 110 valence electrons. The molecule has 0 bridgehead atoms. The molecule has 0 saturated heterocycles. The van der Waals surface area contributed by atoms with E-state index in [0.29, 0.717) is 17.2 Å². The summed E-state index contributed by atoms with van der Waals surface area (Å²) < 4.78 is 10.5. The number of anilines is 1. The van der Waals surface area contributed by atoms with Gasteiger partial charge in [0.05, 0.1) is 24.8 Å². The molecule has 5 heteroatoms. The predicted molar refractivity (Wildman–Crippen MR) is 83.8 cm³/mol. The lowest BCUT2D eigenvalue weighted by atomic mass is 10.2. The second-order valence-electron chi connectivity index (χ2n) is 4.93. The number of carbonyl (C=O) groups is 1. The zero-order valence-electron chi connectivity index (χ0n) is 12.1. The second kappa shape index (κ2) is 5.77. The molecule has 1 amide bonds. The van der Waals surface area contributed by atoms with Gasteiger partial charge in [-0.25, -0.2) is 0 Å². The van der Waals surface area contributed by atoms with Gasteiger partial charge in [0.2, 0.25) is 0 Å². The molecule has 3 rings (SSSR count). The molecule has 0 aliphatic heterocycles. The van der Waals surface area contributed by atoms with E-state index in [1.54, 1.807) is 43.8 Å². The van der Waals surface area contributed by atoms with E-state index in [1.165, 1.54) is 16.9 Å². The van der Waals surface area contributed by atoms with Crippen LogP contribution in [0.2, 0.25) is 0 Å². The molecule has 1 heterocycles. The Labute approximate surface area is 127 Å². The maximum absolute atomic E-state index is 12.4. The lowest BCUT2D eigenvalue weighted by molar-refractivity contribution is 0.103. The van der Waals surface area contributed by atoms with E-state index in [9.17, 15) is 4.79 Å². The molecule has 1 aliphatic rings. The predicted octanol–water partition coefficient (Wildman–Crippen LogP) is 3.51. The Bertz CT molecular complexity index is 657. The van der Waals surface area contributed by atoms with Crippen molar-refractivity contribution in [3.8, 4) is 11.5 Å². The number of carbonyl (C=O) groups excluding carboxylic acids is 1. The van der Waals surface area contributed by atoms with Crippen molar-refractivity contribution in [2.45, 2.75) is 19.3 Å². The first-order chi connectivity index (χ1) is 10.2. The SMILES string of the molecule is COc1ccc(OC)c(NC(=O)c2cc3c(s2)CCC3)c1. The number of fused-ring (bicyclic) bond motifs is 1. The molecule has 0 spiro atoms. The van der Waals surface area contributed by atoms with Crippen LogP contribution >= 0.6 is 11.3 Å². The van der Waals surface area contributed by atoms with E-state index < -0.39 is 0 Å². The number of hydrogen-bond donors (Lipinski definition) is 1. The van der Waals surface area contributed by atoms with Gasteiger partial charge in [0.15, 0.2) is 0 Å². The third-order valence-corrected chi connectivity index (χ3v) is 4.86.